The van der Waals surface area contributed by atoms with Crippen LogP contribution in [0.2, 0.25) is 0 Å². The van der Waals surface area contributed by atoms with Crippen molar-refractivity contribution in [3.8, 4) is 11.4 Å². The number of thiophene rings is 1. The van der Waals surface area contributed by atoms with E-state index in [9.17, 15) is 13.2 Å². The normalized spacial score (nSPS) is 11.0. The Balaban J connectivity index is 0.000000256. The van der Waals surface area contributed by atoms with E-state index in [1.165, 1.54) is 10.1 Å². The number of halogens is 3. The van der Waals surface area contributed by atoms with Crippen molar-refractivity contribution in [2.45, 2.75) is 13.1 Å². The Morgan fingerprint density at radius 3 is 2.50 bits per heavy atom. The van der Waals surface area contributed by atoms with Crippen molar-refractivity contribution < 1.29 is 23.1 Å². The maximum atomic E-state index is 10.6. The fourth-order valence-electron chi connectivity index (χ4n) is 1.74. The van der Waals surface area contributed by atoms with E-state index in [-0.39, 0.29) is 0 Å². The van der Waals surface area contributed by atoms with Crippen LogP contribution in [0.25, 0.3) is 21.5 Å². The number of carbonyl (C=O) groups is 1. The summed E-state index contributed by atoms with van der Waals surface area (Å²) in [6.07, 6.45) is -3.32. The number of carboxylic acid groups (broad SMARTS) is 1. The third-order valence-electron chi connectivity index (χ3n) is 2.98. The Bertz CT molecular complexity index is 878. The summed E-state index contributed by atoms with van der Waals surface area (Å²) in [4.78, 5) is 17.6. The molecule has 126 valence electrons. The Hall–Kier alpha value is -2.68. The number of carboxylic acids is 1. The molecular formula is C15H12F3N3O2S. The Morgan fingerprint density at radius 1 is 1.29 bits per heavy atom. The number of hydrogen-bond acceptors (Lipinski definition) is 5. The third-order valence-corrected chi connectivity index (χ3v) is 3.94. The number of rotatable bonds is 1. The summed E-state index contributed by atoms with van der Waals surface area (Å²) in [6.45, 7) is 1.91. The molecule has 1 aromatic carbocycles. The van der Waals surface area contributed by atoms with Crippen LogP contribution in [0.1, 0.15) is 5.56 Å². The summed E-state index contributed by atoms with van der Waals surface area (Å²) < 4.78 is 33.0. The molecule has 5 nitrogen and oxygen atoms in total. The summed E-state index contributed by atoms with van der Waals surface area (Å²) in [5.41, 5.74) is 7.79. The van der Waals surface area contributed by atoms with Gasteiger partial charge in [-0.25, -0.2) is 14.8 Å². The maximum Gasteiger partial charge on any atom is 0.490 e. The first kappa shape index (κ1) is 17.7. The number of anilines is 1. The van der Waals surface area contributed by atoms with Gasteiger partial charge in [-0.05, 0) is 13.0 Å². The number of aromatic nitrogens is 2. The highest BCUT2D eigenvalue weighted by Gasteiger charge is 2.38. The highest BCUT2D eigenvalue weighted by atomic mass is 32.1. The molecule has 0 aliphatic carbocycles. The molecule has 2 heterocycles. The van der Waals surface area contributed by atoms with E-state index < -0.39 is 12.1 Å². The number of fused-ring (bicyclic) bond motifs is 1. The quantitative estimate of drug-likeness (QED) is 0.691. The minimum atomic E-state index is -5.08. The SMILES string of the molecule is Cc1cnc(-c2csc3ccccc23)nc1N.O=C(O)C(F)(F)F. The molecule has 0 atom stereocenters. The molecule has 3 aromatic rings. The second-order valence-electron chi connectivity index (χ2n) is 4.71. The number of hydrogen-bond donors (Lipinski definition) is 2. The molecule has 3 rings (SSSR count). The molecule has 0 amide bonds. The monoisotopic (exact) mass is 355 g/mol. The molecule has 0 unspecified atom stereocenters. The first-order chi connectivity index (χ1) is 11.2. The van der Waals surface area contributed by atoms with Crippen LogP contribution in [0.4, 0.5) is 19.0 Å². The van der Waals surface area contributed by atoms with Crippen LogP contribution in [0.15, 0.2) is 35.8 Å². The first-order valence-corrected chi connectivity index (χ1v) is 7.44. The highest BCUT2D eigenvalue weighted by Crippen LogP contribution is 2.32. The highest BCUT2D eigenvalue weighted by molar-refractivity contribution is 7.17. The molecule has 0 aliphatic rings. The molecule has 0 bridgehead atoms. The lowest BCUT2D eigenvalue weighted by Crippen LogP contribution is -2.21. The van der Waals surface area contributed by atoms with Gasteiger partial charge in [0.25, 0.3) is 0 Å². The topological polar surface area (TPSA) is 89.1 Å². The van der Waals surface area contributed by atoms with Crippen molar-refractivity contribution in [2.75, 3.05) is 5.73 Å². The zero-order chi connectivity index (χ0) is 17.9. The Labute approximate surface area is 138 Å². The fraction of sp³-hybridized carbons (Fsp3) is 0.133. The number of nitrogens with two attached hydrogens (primary N) is 1. The van der Waals surface area contributed by atoms with E-state index in [4.69, 9.17) is 15.6 Å². The smallest absolute Gasteiger partial charge is 0.475 e. The molecule has 0 saturated heterocycles. The van der Waals surface area contributed by atoms with Gasteiger partial charge in [0.15, 0.2) is 5.82 Å². The molecule has 24 heavy (non-hydrogen) atoms. The van der Waals surface area contributed by atoms with Crippen LogP contribution in [0.5, 0.6) is 0 Å². The van der Waals surface area contributed by atoms with Crippen LogP contribution in [-0.4, -0.2) is 27.2 Å². The van der Waals surface area contributed by atoms with Gasteiger partial charge in [-0.15, -0.1) is 11.3 Å². The van der Waals surface area contributed by atoms with E-state index in [2.05, 4.69) is 27.5 Å². The summed E-state index contributed by atoms with van der Waals surface area (Å²) in [5.74, 6) is -1.51. The minimum Gasteiger partial charge on any atom is -0.475 e. The zero-order valence-corrected chi connectivity index (χ0v) is 13.1. The van der Waals surface area contributed by atoms with E-state index >= 15 is 0 Å². The van der Waals surface area contributed by atoms with E-state index in [1.54, 1.807) is 17.5 Å². The van der Waals surface area contributed by atoms with Crippen LogP contribution < -0.4 is 5.73 Å². The number of nitrogens with zero attached hydrogens (tertiary/aromatic N) is 2. The van der Waals surface area contributed by atoms with Gasteiger partial charge in [0.2, 0.25) is 0 Å². The van der Waals surface area contributed by atoms with Gasteiger partial charge in [0, 0.05) is 32.8 Å². The lowest BCUT2D eigenvalue weighted by molar-refractivity contribution is -0.192. The number of aryl methyl sites for hydroxylation is 1. The number of benzene rings is 1. The summed E-state index contributed by atoms with van der Waals surface area (Å²) in [5, 5.41) is 10.4. The number of nitrogen functional groups attached to an aromatic ring is 1. The lowest BCUT2D eigenvalue weighted by atomic mass is 10.1. The molecule has 2 aromatic heterocycles. The average molecular weight is 355 g/mol. The molecule has 0 fully saturated rings. The summed E-state index contributed by atoms with van der Waals surface area (Å²) in [7, 11) is 0. The fourth-order valence-corrected chi connectivity index (χ4v) is 2.68. The van der Waals surface area contributed by atoms with Gasteiger partial charge < -0.3 is 10.8 Å². The van der Waals surface area contributed by atoms with Crippen LogP contribution in [0.3, 0.4) is 0 Å². The molecular weight excluding hydrogens is 343 g/mol. The van der Waals surface area contributed by atoms with Crippen LogP contribution >= 0.6 is 11.3 Å². The van der Waals surface area contributed by atoms with Gasteiger partial charge in [0.1, 0.15) is 5.82 Å². The van der Waals surface area contributed by atoms with E-state index in [0.29, 0.717) is 11.6 Å². The molecule has 0 radical (unpaired) electrons. The third kappa shape index (κ3) is 3.99. The molecule has 9 heteroatoms. The average Bonchev–Trinajstić information content (AvgIpc) is 2.94. The standard InChI is InChI=1S/C13H11N3S.C2HF3O2/c1-8-6-15-13(16-12(8)14)10-7-17-11-5-3-2-4-9(10)11;3-2(4,5)1(6)7/h2-7H,1H3,(H2,14,15,16);(H,6,7). The van der Waals surface area contributed by atoms with Crippen molar-refractivity contribution in [1.29, 1.82) is 0 Å². The second kappa shape index (κ2) is 6.83. The van der Waals surface area contributed by atoms with Crippen LogP contribution in [-0.2, 0) is 4.79 Å². The van der Waals surface area contributed by atoms with Crippen molar-refractivity contribution in [3.05, 3.63) is 41.4 Å². The Kier molecular flexibility index (Phi) is 5.03. The minimum absolute atomic E-state index is 0.547. The largest absolute Gasteiger partial charge is 0.490 e. The molecule has 3 N–H and O–H groups in total. The second-order valence-corrected chi connectivity index (χ2v) is 5.62. The van der Waals surface area contributed by atoms with Gasteiger partial charge >= 0.3 is 12.1 Å². The zero-order valence-electron chi connectivity index (χ0n) is 12.3. The van der Waals surface area contributed by atoms with Crippen molar-refractivity contribution in [2.24, 2.45) is 0 Å². The van der Waals surface area contributed by atoms with Gasteiger partial charge in [0.05, 0.1) is 0 Å². The van der Waals surface area contributed by atoms with E-state index in [0.717, 1.165) is 11.1 Å². The maximum absolute atomic E-state index is 10.6. The van der Waals surface area contributed by atoms with Crippen molar-refractivity contribution in [3.63, 3.8) is 0 Å². The lowest BCUT2D eigenvalue weighted by Gasteiger charge is -2.02. The number of aliphatic carboxylic acids is 1. The van der Waals surface area contributed by atoms with Crippen molar-refractivity contribution in [1.82, 2.24) is 9.97 Å². The number of alkyl halides is 3. The van der Waals surface area contributed by atoms with Gasteiger partial charge in [-0.3, -0.25) is 0 Å². The molecule has 0 aliphatic heterocycles. The summed E-state index contributed by atoms with van der Waals surface area (Å²) in [6, 6.07) is 8.24. The predicted octanol–water partition coefficient (Wildman–Crippen LogP) is 3.88. The van der Waals surface area contributed by atoms with Gasteiger partial charge in [-0.1, -0.05) is 18.2 Å². The van der Waals surface area contributed by atoms with Crippen LogP contribution in [0, 0.1) is 6.92 Å². The predicted molar refractivity (Wildman–Crippen MR) is 85.7 cm³/mol. The van der Waals surface area contributed by atoms with E-state index in [1.807, 2.05) is 19.1 Å². The van der Waals surface area contributed by atoms with Gasteiger partial charge in [-0.2, -0.15) is 13.2 Å². The molecule has 0 saturated carbocycles. The Morgan fingerprint density at radius 2 is 1.92 bits per heavy atom. The molecule has 0 spiro atoms. The first-order valence-electron chi connectivity index (χ1n) is 6.56. The van der Waals surface area contributed by atoms with Crippen molar-refractivity contribution >= 4 is 33.2 Å². The summed E-state index contributed by atoms with van der Waals surface area (Å²) >= 11 is 1.70.